The van der Waals surface area contributed by atoms with Gasteiger partial charge in [-0.2, -0.15) is 0 Å². The number of aromatic nitrogens is 3. The number of hydrogen-bond donors (Lipinski definition) is 0. The summed E-state index contributed by atoms with van der Waals surface area (Å²) in [5.41, 5.74) is 8.70. The van der Waals surface area contributed by atoms with Crippen molar-refractivity contribution in [3.63, 3.8) is 0 Å². The molecule has 0 aliphatic carbocycles. The Kier molecular flexibility index (Phi) is 6.86. The number of aryl methyl sites for hydroxylation is 2. The first-order valence-corrected chi connectivity index (χ1v) is 13.4. The first-order chi connectivity index (χ1) is 19.5. The highest BCUT2D eigenvalue weighted by atomic mass is 15.0. The first-order valence-electron chi connectivity index (χ1n) is 13.4. The van der Waals surface area contributed by atoms with Crippen molar-refractivity contribution in [2.45, 2.75) is 13.8 Å². The predicted molar refractivity (Wildman–Crippen MR) is 168 cm³/mol. The zero-order valence-electron chi connectivity index (χ0n) is 22.7. The Hall–Kier alpha value is -5.15. The van der Waals surface area contributed by atoms with E-state index >= 15 is 0 Å². The second kappa shape index (κ2) is 10.9. The third kappa shape index (κ3) is 5.23. The Morgan fingerprint density at radius 2 is 1.35 bits per heavy atom. The number of nitrogens with zero attached hydrogens (tertiary/aromatic N) is 3. The Morgan fingerprint density at radius 3 is 2.23 bits per heavy atom. The van der Waals surface area contributed by atoms with Gasteiger partial charge in [-0.05, 0) is 70.1 Å². The molecule has 0 spiro atoms. The zero-order chi connectivity index (χ0) is 27.5. The molecule has 0 aliphatic heterocycles. The third-order valence-corrected chi connectivity index (χ3v) is 7.11. The minimum atomic E-state index is 0.575. The van der Waals surface area contributed by atoms with Crippen LogP contribution < -0.4 is 0 Å². The molecule has 192 valence electrons. The molecule has 0 saturated heterocycles. The summed E-state index contributed by atoms with van der Waals surface area (Å²) >= 11 is 0. The smallest absolute Gasteiger partial charge is 0.163 e. The van der Waals surface area contributed by atoms with E-state index in [1.54, 1.807) is 0 Å². The van der Waals surface area contributed by atoms with Crippen LogP contribution in [-0.2, 0) is 0 Å². The van der Waals surface area contributed by atoms with Crippen LogP contribution in [0.25, 0.3) is 56.1 Å². The largest absolute Gasteiger partial charge is 0.213 e. The zero-order valence-corrected chi connectivity index (χ0v) is 22.7. The molecule has 6 aromatic rings. The van der Waals surface area contributed by atoms with Gasteiger partial charge in [0.15, 0.2) is 11.6 Å². The molecule has 0 fully saturated rings. The van der Waals surface area contributed by atoms with Crippen LogP contribution in [0.4, 0.5) is 0 Å². The van der Waals surface area contributed by atoms with Gasteiger partial charge in [-0.15, -0.1) is 0 Å². The Labute approximate surface area is 235 Å². The third-order valence-electron chi connectivity index (χ3n) is 7.11. The maximum atomic E-state index is 4.83. The van der Waals surface area contributed by atoms with Gasteiger partial charge in [-0.1, -0.05) is 122 Å². The molecule has 0 bridgehead atoms. The molecular weight excluding hydrogens is 486 g/mol. The van der Waals surface area contributed by atoms with Gasteiger partial charge in [0.05, 0.1) is 0 Å². The second-order valence-corrected chi connectivity index (χ2v) is 9.93. The Bertz CT molecular complexity index is 1880. The van der Waals surface area contributed by atoms with Crippen molar-refractivity contribution < 1.29 is 0 Å². The number of hydrogen-bond acceptors (Lipinski definition) is 3. The average Bonchev–Trinajstić information content (AvgIpc) is 3.00. The molecular formula is C37H29N3. The molecule has 1 aromatic heterocycles. The van der Waals surface area contributed by atoms with E-state index in [9.17, 15) is 0 Å². The molecule has 3 nitrogen and oxygen atoms in total. The molecule has 0 aliphatic rings. The van der Waals surface area contributed by atoms with E-state index in [1.807, 2.05) is 25.1 Å². The summed E-state index contributed by atoms with van der Waals surface area (Å²) in [4.78, 5) is 14.1. The van der Waals surface area contributed by atoms with Crippen molar-refractivity contribution in [2.24, 2.45) is 0 Å². The first kappa shape index (κ1) is 25.1. The van der Waals surface area contributed by atoms with Gasteiger partial charge in [-0.3, -0.25) is 0 Å². The predicted octanol–water partition coefficient (Wildman–Crippen LogP) is 9.37. The number of rotatable bonds is 6. The molecule has 5 aromatic carbocycles. The van der Waals surface area contributed by atoms with Crippen molar-refractivity contribution in [1.82, 2.24) is 15.0 Å². The monoisotopic (exact) mass is 515 g/mol. The van der Waals surface area contributed by atoms with Gasteiger partial charge in [0.25, 0.3) is 0 Å². The van der Waals surface area contributed by atoms with Crippen molar-refractivity contribution in [3.8, 4) is 33.6 Å². The highest BCUT2D eigenvalue weighted by molar-refractivity contribution is 5.97. The van der Waals surface area contributed by atoms with Gasteiger partial charge >= 0.3 is 0 Å². The van der Waals surface area contributed by atoms with E-state index in [-0.39, 0.29) is 0 Å². The Morgan fingerprint density at radius 1 is 0.625 bits per heavy atom. The summed E-state index contributed by atoms with van der Waals surface area (Å²) in [6.07, 6.45) is 4.08. The molecule has 0 saturated carbocycles. The molecule has 0 amide bonds. The molecule has 1 heterocycles. The van der Waals surface area contributed by atoms with Gasteiger partial charge in [0.2, 0.25) is 0 Å². The van der Waals surface area contributed by atoms with Crippen molar-refractivity contribution in [1.29, 1.82) is 0 Å². The maximum absolute atomic E-state index is 4.83. The molecule has 0 radical (unpaired) electrons. The van der Waals surface area contributed by atoms with Crippen LogP contribution in [0.5, 0.6) is 0 Å². The van der Waals surface area contributed by atoms with Crippen LogP contribution >= 0.6 is 0 Å². The summed E-state index contributed by atoms with van der Waals surface area (Å²) in [6.45, 7) is 8.30. The lowest BCUT2D eigenvalue weighted by Crippen LogP contribution is -2.01. The summed E-state index contributed by atoms with van der Waals surface area (Å²) < 4.78 is 0. The van der Waals surface area contributed by atoms with Gasteiger partial charge < -0.3 is 0 Å². The van der Waals surface area contributed by atoms with Crippen molar-refractivity contribution >= 4 is 22.4 Å². The fraction of sp³-hybridized carbons (Fsp3) is 0.0541. The van der Waals surface area contributed by atoms with E-state index in [0.29, 0.717) is 17.5 Å². The van der Waals surface area contributed by atoms with Crippen LogP contribution in [0.15, 0.2) is 128 Å². The SMILES string of the molecule is C=C(/C=C\c1cc(-c2ccccc2)ccc1C)c1nc(C)nc(-c2cccc(-c3cccc4ccccc34)c2)n1. The van der Waals surface area contributed by atoms with E-state index in [1.165, 1.54) is 33.0 Å². The molecule has 0 unspecified atom stereocenters. The number of fused-ring (bicyclic) bond motifs is 1. The van der Waals surface area contributed by atoms with E-state index in [4.69, 9.17) is 4.98 Å². The highest BCUT2D eigenvalue weighted by Crippen LogP contribution is 2.31. The minimum Gasteiger partial charge on any atom is -0.213 e. The molecule has 0 N–H and O–H groups in total. The lowest BCUT2D eigenvalue weighted by atomic mass is 9.97. The quantitative estimate of drug-likeness (QED) is 0.207. The van der Waals surface area contributed by atoms with Crippen molar-refractivity contribution in [3.05, 3.63) is 151 Å². The highest BCUT2D eigenvalue weighted by Gasteiger charge is 2.11. The van der Waals surface area contributed by atoms with E-state index < -0.39 is 0 Å². The number of benzene rings is 5. The normalized spacial score (nSPS) is 11.2. The van der Waals surface area contributed by atoms with Gasteiger partial charge in [0.1, 0.15) is 5.82 Å². The standard InChI is InChI=1S/C37H29N3/c1-25-19-22-31(28-11-5-4-6-12-28)23-30(25)21-20-26(2)36-38-27(3)39-37(40-36)33-16-9-15-32(24-33)35-18-10-14-29-13-7-8-17-34(29)35/h4-24H,2H2,1,3H3/b21-20-. The molecule has 0 atom stereocenters. The summed E-state index contributed by atoms with van der Waals surface area (Å²) in [5.74, 6) is 1.87. The maximum Gasteiger partial charge on any atom is 0.163 e. The molecule has 3 heteroatoms. The topological polar surface area (TPSA) is 38.7 Å². The molecule has 40 heavy (non-hydrogen) atoms. The molecule has 6 rings (SSSR count). The lowest BCUT2D eigenvalue weighted by molar-refractivity contribution is 0.963. The lowest BCUT2D eigenvalue weighted by Gasteiger charge is -2.10. The van der Waals surface area contributed by atoms with Crippen molar-refractivity contribution in [2.75, 3.05) is 0 Å². The van der Waals surface area contributed by atoms with E-state index in [2.05, 4.69) is 133 Å². The summed E-state index contributed by atoms with van der Waals surface area (Å²) in [7, 11) is 0. The summed E-state index contributed by atoms with van der Waals surface area (Å²) in [5, 5.41) is 2.44. The van der Waals surface area contributed by atoms with Crippen LogP contribution in [-0.4, -0.2) is 15.0 Å². The van der Waals surface area contributed by atoms with Crippen LogP contribution in [0.1, 0.15) is 22.8 Å². The van der Waals surface area contributed by atoms with Gasteiger partial charge in [0, 0.05) is 11.1 Å². The minimum absolute atomic E-state index is 0.575. The second-order valence-electron chi connectivity index (χ2n) is 9.93. The fourth-order valence-electron chi connectivity index (χ4n) is 4.95. The fourth-order valence-corrected chi connectivity index (χ4v) is 4.95. The van der Waals surface area contributed by atoms with Gasteiger partial charge in [-0.25, -0.2) is 15.0 Å². The number of allylic oxidation sites excluding steroid dienone is 2. The Balaban J connectivity index is 1.31. The van der Waals surface area contributed by atoms with Crippen LogP contribution in [0.2, 0.25) is 0 Å². The van der Waals surface area contributed by atoms with Crippen LogP contribution in [0, 0.1) is 13.8 Å². The van der Waals surface area contributed by atoms with Crippen LogP contribution in [0.3, 0.4) is 0 Å². The van der Waals surface area contributed by atoms with E-state index in [0.717, 1.165) is 22.3 Å². The summed E-state index contributed by atoms with van der Waals surface area (Å²) in [6, 6.07) is 40.2. The average molecular weight is 516 g/mol.